The maximum absolute atomic E-state index is 11.7. The van der Waals surface area contributed by atoms with Gasteiger partial charge in [0, 0.05) is 17.8 Å². The number of carbonyl (C=O) groups is 1. The first-order valence-electron chi connectivity index (χ1n) is 6.89. The summed E-state index contributed by atoms with van der Waals surface area (Å²) in [5, 5.41) is 3.04. The molecule has 0 unspecified atom stereocenters. The predicted molar refractivity (Wildman–Crippen MR) is 75.6 cm³/mol. The molecule has 0 rings (SSSR count). The van der Waals surface area contributed by atoms with Crippen molar-refractivity contribution in [2.24, 2.45) is 0 Å². The van der Waals surface area contributed by atoms with Gasteiger partial charge in [0.05, 0.1) is 0 Å². The maximum Gasteiger partial charge on any atom is 0.220 e. The SMILES string of the molecule is CCCCCCCCC(=O)NC(C)(C)CCCl. The Kier molecular flexibility index (Phi) is 9.62. The molecule has 102 valence electrons. The summed E-state index contributed by atoms with van der Waals surface area (Å²) in [5.41, 5.74) is -0.166. The lowest BCUT2D eigenvalue weighted by molar-refractivity contribution is -0.122. The number of amides is 1. The molecule has 0 atom stereocenters. The topological polar surface area (TPSA) is 29.1 Å². The van der Waals surface area contributed by atoms with Gasteiger partial charge in [-0.25, -0.2) is 0 Å². The lowest BCUT2D eigenvalue weighted by atomic mass is 10.0. The Morgan fingerprint density at radius 1 is 1.12 bits per heavy atom. The Morgan fingerprint density at radius 2 is 1.71 bits per heavy atom. The summed E-state index contributed by atoms with van der Waals surface area (Å²) in [6.45, 7) is 6.26. The number of unbranched alkanes of at least 4 members (excludes halogenated alkanes) is 5. The smallest absolute Gasteiger partial charge is 0.220 e. The van der Waals surface area contributed by atoms with Crippen LogP contribution >= 0.6 is 11.6 Å². The van der Waals surface area contributed by atoms with E-state index in [1.165, 1.54) is 32.1 Å². The van der Waals surface area contributed by atoms with Crippen LogP contribution in [0.3, 0.4) is 0 Å². The van der Waals surface area contributed by atoms with Crippen LogP contribution in [-0.2, 0) is 4.79 Å². The summed E-state index contributed by atoms with van der Waals surface area (Å²) in [7, 11) is 0. The molecular formula is C14H28ClNO. The van der Waals surface area contributed by atoms with Crippen molar-refractivity contribution in [2.75, 3.05) is 5.88 Å². The molecule has 0 aliphatic carbocycles. The number of hydrogen-bond donors (Lipinski definition) is 1. The third kappa shape index (κ3) is 10.6. The molecule has 0 aliphatic rings. The van der Waals surface area contributed by atoms with Crippen LogP contribution in [-0.4, -0.2) is 17.3 Å². The third-order valence-electron chi connectivity index (χ3n) is 2.95. The molecule has 0 saturated heterocycles. The zero-order chi connectivity index (χ0) is 13.1. The molecule has 0 fully saturated rings. The fourth-order valence-electron chi connectivity index (χ4n) is 1.80. The van der Waals surface area contributed by atoms with Gasteiger partial charge >= 0.3 is 0 Å². The first kappa shape index (κ1) is 16.8. The maximum atomic E-state index is 11.7. The van der Waals surface area contributed by atoms with Gasteiger partial charge < -0.3 is 5.32 Å². The normalized spacial score (nSPS) is 11.5. The number of nitrogens with one attached hydrogen (secondary N) is 1. The summed E-state index contributed by atoms with van der Waals surface area (Å²) >= 11 is 5.69. The molecule has 3 heteroatoms. The Hall–Kier alpha value is -0.240. The van der Waals surface area contributed by atoms with Crippen LogP contribution in [0.5, 0.6) is 0 Å². The molecule has 0 bridgehead atoms. The third-order valence-corrected chi connectivity index (χ3v) is 3.14. The highest BCUT2D eigenvalue weighted by Gasteiger charge is 2.18. The summed E-state index contributed by atoms with van der Waals surface area (Å²) in [5.74, 6) is 0.750. The van der Waals surface area contributed by atoms with Gasteiger partial charge in [-0.15, -0.1) is 11.6 Å². The van der Waals surface area contributed by atoms with E-state index in [0.29, 0.717) is 12.3 Å². The van der Waals surface area contributed by atoms with Gasteiger partial charge in [-0.05, 0) is 26.7 Å². The molecule has 0 aromatic rings. The average Bonchev–Trinajstić information content (AvgIpc) is 2.22. The van der Waals surface area contributed by atoms with Crippen molar-refractivity contribution in [3.05, 3.63) is 0 Å². The second kappa shape index (κ2) is 9.76. The van der Waals surface area contributed by atoms with Crippen LogP contribution in [0.15, 0.2) is 0 Å². The fraction of sp³-hybridized carbons (Fsp3) is 0.929. The Bertz CT molecular complexity index is 204. The van der Waals surface area contributed by atoms with Crippen molar-refractivity contribution in [1.29, 1.82) is 0 Å². The van der Waals surface area contributed by atoms with E-state index in [2.05, 4.69) is 12.2 Å². The van der Waals surface area contributed by atoms with E-state index < -0.39 is 0 Å². The zero-order valence-electron chi connectivity index (χ0n) is 11.7. The van der Waals surface area contributed by atoms with Crippen LogP contribution in [0.25, 0.3) is 0 Å². The minimum Gasteiger partial charge on any atom is -0.351 e. The van der Waals surface area contributed by atoms with Crippen molar-refractivity contribution in [3.63, 3.8) is 0 Å². The fourth-order valence-corrected chi connectivity index (χ4v) is 2.28. The van der Waals surface area contributed by atoms with E-state index in [1.807, 2.05) is 13.8 Å². The van der Waals surface area contributed by atoms with E-state index in [0.717, 1.165) is 12.8 Å². The van der Waals surface area contributed by atoms with Crippen molar-refractivity contribution in [2.45, 2.75) is 77.7 Å². The van der Waals surface area contributed by atoms with Crippen molar-refractivity contribution in [1.82, 2.24) is 5.32 Å². The van der Waals surface area contributed by atoms with Gasteiger partial charge in [-0.2, -0.15) is 0 Å². The standard InChI is InChI=1S/C14H28ClNO/c1-4-5-6-7-8-9-10-13(17)16-14(2,3)11-12-15/h4-12H2,1-3H3,(H,16,17). The molecule has 0 aliphatic heterocycles. The van der Waals surface area contributed by atoms with E-state index in [4.69, 9.17) is 11.6 Å². The highest BCUT2D eigenvalue weighted by Crippen LogP contribution is 2.11. The van der Waals surface area contributed by atoms with E-state index in [-0.39, 0.29) is 11.4 Å². The van der Waals surface area contributed by atoms with E-state index in [1.54, 1.807) is 0 Å². The predicted octanol–water partition coefficient (Wildman–Crippen LogP) is 4.26. The molecule has 17 heavy (non-hydrogen) atoms. The van der Waals surface area contributed by atoms with Gasteiger partial charge in [0.2, 0.25) is 5.91 Å². The highest BCUT2D eigenvalue weighted by molar-refractivity contribution is 6.17. The summed E-state index contributed by atoms with van der Waals surface area (Å²) < 4.78 is 0. The van der Waals surface area contributed by atoms with Crippen LogP contribution in [0.1, 0.15) is 72.1 Å². The Balaban J connectivity index is 3.52. The second-order valence-electron chi connectivity index (χ2n) is 5.39. The van der Waals surface area contributed by atoms with Crippen molar-refractivity contribution < 1.29 is 4.79 Å². The monoisotopic (exact) mass is 261 g/mol. The second-order valence-corrected chi connectivity index (χ2v) is 5.77. The number of alkyl halides is 1. The van der Waals surface area contributed by atoms with Gasteiger partial charge in [0.15, 0.2) is 0 Å². The number of carbonyl (C=O) groups excluding carboxylic acids is 1. The van der Waals surface area contributed by atoms with E-state index in [9.17, 15) is 4.79 Å². The molecule has 1 amide bonds. The first-order valence-corrected chi connectivity index (χ1v) is 7.42. The minimum absolute atomic E-state index is 0.163. The quantitative estimate of drug-likeness (QED) is 0.462. The lowest BCUT2D eigenvalue weighted by Gasteiger charge is -2.25. The first-order chi connectivity index (χ1) is 8.02. The minimum atomic E-state index is -0.166. The molecule has 0 saturated carbocycles. The summed E-state index contributed by atoms with van der Waals surface area (Å²) in [6, 6.07) is 0. The lowest BCUT2D eigenvalue weighted by Crippen LogP contribution is -2.43. The Labute approximate surface area is 111 Å². The molecular weight excluding hydrogens is 234 g/mol. The number of halogens is 1. The van der Waals surface area contributed by atoms with Gasteiger partial charge in [0.25, 0.3) is 0 Å². The van der Waals surface area contributed by atoms with Crippen LogP contribution in [0, 0.1) is 0 Å². The zero-order valence-corrected chi connectivity index (χ0v) is 12.4. The highest BCUT2D eigenvalue weighted by atomic mass is 35.5. The van der Waals surface area contributed by atoms with Crippen molar-refractivity contribution >= 4 is 17.5 Å². The van der Waals surface area contributed by atoms with Crippen molar-refractivity contribution in [3.8, 4) is 0 Å². The van der Waals surface area contributed by atoms with Crippen LogP contribution < -0.4 is 5.32 Å². The summed E-state index contributed by atoms with van der Waals surface area (Å²) in [6.07, 6.45) is 8.79. The molecule has 0 aromatic heterocycles. The molecule has 2 nitrogen and oxygen atoms in total. The average molecular weight is 262 g/mol. The van der Waals surface area contributed by atoms with Crippen LogP contribution in [0.2, 0.25) is 0 Å². The largest absolute Gasteiger partial charge is 0.351 e. The number of hydrogen-bond acceptors (Lipinski definition) is 1. The van der Waals surface area contributed by atoms with Gasteiger partial charge in [-0.1, -0.05) is 39.0 Å². The summed E-state index contributed by atoms with van der Waals surface area (Å²) in [4.78, 5) is 11.7. The molecule has 0 radical (unpaired) electrons. The molecule has 1 N–H and O–H groups in total. The van der Waals surface area contributed by atoms with E-state index >= 15 is 0 Å². The molecule has 0 spiro atoms. The van der Waals surface area contributed by atoms with Gasteiger partial charge in [0.1, 0.15) is 0 Å². The molecule has 0 aromatic carbocycles. The van der Waals surface area contributed by atoms with Gasteiger partial charge in [-0.3, -0.25) is 4.79 Å². The van der Waals surface area contributed by atoms with Crippen LogP contribution in [0.4, 0.5) is 0 Å². The number of rotatable bonds is 10. The Morgan fingerprint density at radius 3 is 2.29 bits per heavy atom. The molecule has 0 heterocycles.